The van der Waals surface area contributed by atoms with Gasteiger partial charge >= 0.3 is 0 Å². The predicted octanol–water partition coefficient (Wildman–Crippen LogP) is 3.66. The van der Waals surface area contributed by atoms with Crippen molar-refractivity contribution in [2.24, 2.45) is 11.8 Å². The molecule has 0 aromatic heterocycles. The summed E-state index contributed by atoms with van der Waals surface area (Å²) in [6.07, 6.45) is 1.37. The number of nitrogens with one attached hydrogen (secondary N) is 1. The smallest absolute Gasteiger partial charge is 0.0236 e. The van der Waals surface area contributed by atoms with E-state index in [0.29, 0.717) is 6.04 Å². The molecule has 0 radical (unpaired) electrons. The zero-order valence-electron chi connectivity index (χ0n) is 13.5. The van der Waals surface area contributed by atoms with E-state index in [4.69, 9.17) is 0 Å². The molecule has 1 aliphatic rings. The molecule has 1 aromatic rings. The van der Waals surface area contributed by atoms with Crippen LogP contribution in [0.3, 0.4) is 0 Å². The van der Waals surface area contributed by atoms with E-state index in [1.165, 1.54) is 24.1 Å². The molecule has 0 amide bonds. The number of hydrogen-bond acceptors (Lipinski definition) is 2. The molecule has 0 bridgehead atoms. The summed E-state index contributed by atoms with van der Waals surface area (Å²) in [6, 6.07) is 9.75. The molecule has 112 valence electrons. The van der Waals surface area contributed by atoms with Gasteiger partial charge in [-0.1, -0.05) is 45.0 Å². The van der Waals surface area contributed by atoms with Crippen molar-refractivity contribution in [3.05, 3.63) is 35.4 Å². The van der Waals surface area contributed by atoms with Crippen LogP contribution in [0.15, 0.2) is 24.3 Å². The lowest BCUT2D eigenvalue weighted by molar-refractivity contribution is 0.0729. The van der Waals surface area contributed by atoms with Gasteiger partial charge in [0, 0.05) is 25.7 Å². The predicted molar refractivity (Wildman–Crippen MR) is 86.6 cm³/mol. The molecular formula is C18H30N2. The fraction of sp³-hybridized carbons (Fsp3) is 0.667. The average molecular weight is 274 g/mol. The normalized spacial score (nSPS) is 27.7. The second kappa shape index (κ2) is 7.24. The summed E-state index contributed by atoms with van der Waals surface area (Å²) in [5.41, 5.74) is 2.85. The number of piperidine rings is 1. The minimum absolute atomic E-state index is 0.698. The summed E-state index contributed by atoms with van der Waals surface area (Å²) in [6.45, 7) is 13.7. The minimum Gasteiger partial charge on any atom is -0.313 e. The molecule has 2 rings (SSSR count). The first-order valence-corrected chi connectivity index (χ1v) is 8.12. The van der Waals surface area contributed by atoms with Gasteiger partial charge in [0.15, 0.2) is 0 Å². The molecule has 3 unspecified atom stereocenters. The van der Waals surface area contributed by atoms with Crippen LogP contribution in [0.1, 0.15) is 45.2 Å². The Morgan fingerprint density at radius 3 is 2.70 bits per heavy atom. The van der Waals surface area contributed by atoms with Gasteiger partial charge in [-0.3, -0.25) is 4.90 Å². The van der Waals surface area contributed by atoms with E-state index < -0.39 is 0 Å². The molecule has 2 nitrogen and oxygen atoms in total. The van der Waals surface area contributed by atoms with Gasteiger partial charge in [0.05, 0.1) is 0 Å². The molecule has 1 aromatic carbocycles. The highest BCUT2D eigenvalue weighted by Crippen LogP contribution is 2.28. The highest BCUT2D eigenvalue weighted by atomic mass is 15.2. The number of nitrogens with zero attached hydrogens (tertiary/aromatic N) is 1. The van der Waals surface area contributed by atoms with Gasteiger partial charge in [-0.25, -0.2) is 0 Å². The molecule has 1 heterocycles. The Morgan fingerprint density at radius 1 is 1.20 bits per heavy atom. The first kappa shape index (κ1) is 15.5. The van der Waals surface area contributed by atoms with Crippen molar-refractivity contribution in [1.82, 2.24) is 10.2 Å². The summed E-state index contributed by atoms with van der Waals surface area (Å²) in [7, 11) is 0. The van der Waals surface area contributed by atoms with Crippen molar-refractivity contribution in [1.29, 1.82) is 0 Å². The minimum atomic E-state index is 0.698. The second-order valence-corrected chi connectivity index (χ2v) is 6.59. The van der Waals surface area contributed by atoms with Crippen LogP contribution in [0.25, 0.3) is 0 Å². The molecule has 2 heteroatoms. The summed E-state index contributed by atoms with van der Waals surface area (Å²) in [4.78, 5) is 2.66. The molecule has 20 heavy (non-hydrogen) atoms. The summed E-state index contributed by atoms with van der Waals surface area (Å²) < 4.78 is 0. The quantitative estimate of drug-likeness (QED) is 0.881. The van der Waals surface area contributed by atoms with E-state index in [0.717, 1.165) is 31.5 Å². The van der Waals surface area contributed by atoms with Crippen LogP contribution in [-0.4, -0.2) is 24.0 Å². The fourth-order valence-electron chi connectivity index (χ4n) is 3.38. The van der Waals surface area contributed by atoms with Crippen LogP contribution in [-0.2, 0) is 13.1 Å². The van der Waals surface area contributed by atoms with Crippen molar-refractivity contribution in [3.63, 3.8) is 0 Å². The highest BCUT2D eigenvalue weighted by molar-refractivity contribution is 5.23. The van der Waals surface area contributed by atoms with E-state index in [1.807, 2.05) is 0 Å². The van der Waals surface area contributed by atoms with Crippen molar-refractivity contribution in [2.75, 3.05) is 13.1 Å². The molecule has 0 spiro atoms. The molecule has 3 atom stereocenters. The van der Waals surface area contributed by atoms with Crippen LogP contribution in [0.5, 0.6) is 0 Å². The second-order valence-electron chi connectivity index (χ2n) is 6.59. The third-order valence-corrected chi connectivity index (χ3v) is 4.68. The topological polar surface area (TPSA) is 15.3 Å². The number of likely N-dealkylation sites (tertiary alicyclic amines) is 1. The Hall–Kier alpha value is -0.860. The molecule has 1 aliphatic heterocycles. The Labute approximate surface area is 124 Å². The number of benzene rings is 1. The monoisotopic (exact) mass is 274 g/mol. The van der Waals surface area contributed by atoms with E-state index in [2.05, 4.69) is 62.2 Å². The van der Waals surface area contributed by atoms with E-state index >= 15 is 0 Å². The van der Waals surface area contributed by atoms with Gasteiger partial charge in [0.1, 0.15) is 0 Å². The van der Waals surface area contributed by atoms with Crippen molar-refractivity contribution in [3.8, 4) is 0 Å². The maximum atomic E-state index is 3.40. The Kier molecular flexibility index (Phi) is 5.62. The molecule has 1 fully saturated rings. The molecular weight excluding hydrogens is 244 g/mol. The van der Waals surface area contributed by atoms with Gasteiger partial charge in [0.2, 0.25) is 0 Å². The lowest BCUT2D eigenvalue weighted by atomic mass is 9.86. The van der Waals surface area contributed by atoms with Gasteiger partial charge in [-0.05, 0) is 42.9 Å². The maximum absolute atomic E-state index is 3.40. The first-order chi connectivity index (χ1) is 9.60. The Balaban J connectivity index is 2.01. The summed E-state index contributed by atoms with van der Waals surface area (Å²) in [5, 5.41) is 3.40. The molecule has 0 aliphatic carbocycles. The fourth-order valence-corrected chi connectivity index (χ4v) is 3.38. The number of hydrogen-bond donors (Lipinski definition) is 1. The van der Waals surface area contributed by atoms with E-state index in [1.54, 1.807) is 0 Å². The zero-order chi connectivity index (χ0) is 14.5. The molecule has 1 saturated heterocycles. The van der Waals surface area contributed by atoms with Crippen LogP contribution in [0, 0.1) is 11.8 Å². The summed E-state index contributed by atoms with van der Waals surface area (Å²) >= 11 is 0. The average Bonchev–Trinajstić information content (AvgIpc) is 2.42. The van der Waals surface area contributed by atoms with Crippen LogP contribution >= 0.6 is 0 Å². The van der Waals surface area contributed by atoms with Crippen LogP contribution in [0.2, 0.25) is 0 Å². The summed E-state index contributed by atoms with van der Waals surface area (Å²) in [5.74, 6) is 1.63. The van der Waals surface area contributed by atoms with Gasteiger partial charge in [-0.2, -0.15) is 0 Å². The molecule has 0 saturated carbocycles. The lowest BCUT2D eigenvalue weighted by Crippen LogP contribution is -2.45. The van der Waals surface area contributed by atoms with Crippen LogP contribution in [0.4, 0.5) is 0 Å². The lowest BCUT2D eigenvalue weighted by Gasteiger charge is -2.41. The van der Waals surface area contributed by atoms with E-state index in [9.17, 15) is 0 Å². The molecule has 1 N–H and O–H groups in total. The number of rotatable bonds is 5. The van der Waals surface area contributed by atoms with Crippen molar-refractivity contribution >= 4 is 0 Å². The van der Waals surface area contributed by atoms with Gasteiger partial charge < -0.3 is 5.32 Å². The first-order valence-electron chi connectivity index (χ1n) is 8.12. The Morgan fingerprint density at radius 2 is 1.95 bits per heavy atom. The van der Waals surface area contributed by atoms with Crippen molar-refractivity contribution < 1.29 is 0 Å². The third-order valence-electron chi connectivity index (χ3n) is 4.68. The van der Waals surface area contributed by atoms with Crippen molar-refractivity contribution in [2.45, 2.75) is 53.2 Å². The van der Waals surface area contributed by atoms with Gasteiger partial charge in [-0.15, -0.1) is 0 Å². The highest BCUT2D eigenvalue weighted by Gasteiger charge is 2.28. The largest absolute Gasteiger partial charge is 0.313 e. The Bertz CT molecular complexity index is 416. The van der Waals surface area contributed by atoms with E-state index in [-0.39, 0.29) is 0 Å². The SMILES string of the molecule is CCNCc1cccc(CN2CC(C)CC(C)C2C)c1. The maximum Gasteiger partial charge on any atom is 0.0236 e. The zero-order valence-corrected chi connectivity index (χ0v) is 13.5. The van der Waals surface area contributed by atoms with Crippen LogP contribution < -0.4 is 5.32 Å². The third kappa shape index (κ3) is 4.07. The van der Waals surface area contributed by atoms with Gasteiger partial charge in [0.25, 0.3) is 0 Å². The standard InChI is InChI=1S/C18H30N2/c1-5-19-11-17-7-6-8-18(10-17)13-20-12-14(2)9-15(3)16(20)4/h6-8,10,14-16,19H,5,9,11-13H2,1-4H3.